The highest BCUT2D eigenvalue weighted by Gasteiger charge is 2.29. The number of thiophene rings is 5. The summed E-state index contributed by atoms with van der Waals surface area (Å²) >= 11 is 9.25. The molecule has 0 radical (unpaired) electrons. The molecule has 132 heavy (non-hydrogen) atoms. The van der Waals surface area contributed by atoms with Crippen LogP contribution in [0.15, 0.2) is 413 Å². The first-order chi connectivity index (χ1) is 65.5. The fraction of sp³-hybridized carbons (Fsp3) is 0. The molecule has 30 rings (SSSR count). The molecule has 0 spiro atoms. The van der Waals surface area contributed by atoms with Crippen LogP contribution >= 0.6 is 56.7 Å². The lowest BCUT2D eigenvalue weighted by atomic mass is 9.99. The van der Waals surface area contributed by atoms with Crippen molar-refractivity contribution < 1.29 is 0 Å². The second kappa shape index (κ2) is 29.8. The van der Waals surface area contributed by atoms with Crippen LogP contribution in [0.4, 0.5) is 0 Å². The van der Waals surface area contributed by atoms with E-state index >= 15 is 0 Å². The molecule has 0 amide bonds. The van der Waals surface area contributed by atoms with Gasteiger partial charge < -0.3 is 4.57 Å². The fourth-order valence-corrected chi connectivity index (χ4v) is 27.1. The van der Waals surface area contributed by atoms with Crippen LogP contribution in [0.3, 0.4) is 0 Å². The Kier molecular flexibility index (Phi) is 16.9. The van der Waals surface area contributed by atoms with Crippen molar-refractivity contribution in [2.24, 2.45) is 0 Å². The summed E-state index contributed by atoms with van der Waals surface area (Å²) in [7, 11) is 0. The van der Waals surface area contributed by atoms with Crippen LogP contribution in [-0.4, -0.2) is 38.6 Å². The minimum Gasteiger partial charge on any atom is -0.308 e. The third kappa shape index (κ3) is 11.4. The Morgan fingerprint density at radius 1 is 0.189 bits per heavy atom. The lowest BCUT2D eigenvalue weighted by molar-refractivity contribution is 1.02. The summed E-state index contributed by atoms with van der Waals surface area (Å²) < 4.78 is 19.9. The van der Waals surface area contributed by atoms with Gasteiger partial charge in [-0.3, -0.25) is 9.13 Å². The third-order valence-electron chi connectivity index (χ3n) is 26.6. The Morgan fingerprint density at radius 3 is 1.01 bits per heavy atom. The molecule has 30 aromatic rings. The summed E-state index contributed by atoms with van der Waals surface area (Å²) in [6.07, 6.45) is 0. The normalized spacial score (nSPS) is 12.1. The highest BCUT2D eigenvalue weighted by atomic mass is 32.1. The van der Waals surface area contributed by atoms with Crippen molar-refractivity contribution in [1.82, 2.24) is 38.6 Å². The monoisotopic (exact) mass is 1770 g/mol. The van der Waals surface area contributed by atoms with E-state index in [1.807, 2.05) is 57.5 Å². The Morgan fingerprint density at radius 2 is 0.523 bits per heavy atom. The molecule has 19 aromatic carbocycles. The average Bonchev–Trinajstić information content (AvgIpc) is 1.54. The van der Waals surface area contributed by atoms with Crippen LogP contribution in [0.25, 0.3) is 272 Å². The number of pyridine rings is 1. The molecule has 0 aliphatic rings. The van der Waals surface area contributed by atoms with E-state index in [9.17, 15) is 0 Å². The zero-order valence-corrected chi connectivity index (χ0v) is 74.5. The van der Waals surface area contributed by atoms with Crippen molar-refractivity contribution in [1.29, 1.82) is 0 Å². The topological polar surface area (TPSA) is 79.2 Å². The molecule has 13 heteroatoms. The molecule has 11 heterocycles. The van der Waals surface area contributed by atoms with E-state index in [1.165, 1.54) is 183 Å². The summed E-state index contributed by atoms with van der Waals surface area (Å²) in [5.41, 5.74) is 17.5. The Hall–Kier alpha value is -16.0. The number of benzene rings is 19. The van der Waals surface area contributed by atoms with Crippen LogP contribution in [0.2, 0.25) is 0 Å². The molecule has 0 atom stereocenters. The van der Waals surface area contributed by atoms with Gasteiger partial charge in [-0.1, -0.05) is 328 Å². The maximum atomic E-state index is 5.53. The van der Waals surface area contributed by atoms with Crippen molar-refractivity contribution in [2.75, 3.05) is 0 Å². The second-order valence-electron chi connectivity index (χ2n) is 33.8. The second-order valence-corrected chi connectivity index (χ2v) is 39.0. The number of rotatable bonds is 7. The standard InChI is InChI=1S/C42H25N3S.C39H22N2S2.C38H21N3S2/c1-2-12-26(13-3-1)39-31-16-6-9-19-34(31)43-42(44-39)27-22-24-28(25-23-27)45-35-20-10-7-17-32(35)37-29-14-4-5-15-30(29)38-33-18-8-11-21-36(33)46-41(38)40(37)45;1-2-12-23(13-3-1)36-38-29(24-14-7-10-20-31(24)42-38)22-33(40-36)41-30-19-9-6-17-27(30)34-25-15-4-5-16-26(25)35-28-18-8-11-21-32(28)43-39(35)37(34)41;1-2-12-22(13-3-1)33-37-34(27-18-8-11-21-30(27)43-37)40-38(39-33)41-28-19-9-6-16-25(28)31-23-14-4-5-15-24(23)32-26-17-7-10-20-29(26)42-36(32)35(31)41/h1-25H;1-22H;1-21H. The van der Waals surface area contributed by atoms with E-state index in [-0.39, 0.29) is 0 Å². The van der Waals surface area contributed by atoms with Gasteiger partial charge in [0, 0.05) is 138 Å². The Bertz CT molecular complexity index is 9690. The number of para-hydroxylation sites is 4. The first kappa shape index (κ1) is 75.0. The lowest BCUT2D eigenvalue weighted by Gasteiger charge is -2.12. The number of hydrogen-bond donors (Lipinski definition) is 0. The zero-order valence-electron chi connectivity index (χ0n) is 70.4. The van der Waals surface area contributed by atoms with Gasteiger partial charge in [-0.2, -0.15) is 0 Å². The van der Waals surface area contributed by atoms with E-state index in [0.717, 1.165) is 83.3 Å². The van der Waals surface area contributed by atoms with Crippen LogP contribution < -0.4 is 0 Å². The van der Waals surface area contributed by atoms with E-state index in [2.05, 4.69) is 414 Å². The molecule has 614 valence electrons. The minimum atomic E-state index is 0.704. The zero-order chi connectivity index (χ0) is 86.3. The van der Waals surface area contributed by atoms with Crippen molar-refractivity contribution in [3.63, 3.8) is 0 Å². The lowest BCUT2D eigenvalue weighted by Crippen LogP contribution is -2.02. The van der Waals surface area contributed by atoms with Crippen molar-refractivity contribution >= 4 is 266 Å². The minimum absolute atomic E-state index is 0.704. The summed E-state index contributed by atoms with van der Waals surface area (Å²) in [6.45, 7) is 0. The maximum absolute atomic E-state index is 5.53. The van der Waals surface area contributed by atoms with E-state index in [4.69, 9.17) is 24.9 Å². The van der Waals surface area contributed by atoms with Crippen molar-refractivity contribution in [3.8, 4) is 62.6 Å². The van der Waals surface area contributed by atoms with Gasteiger partial charge >= 0.3 is 0 Å². The molecular weight excluding hydrogens is 1700 g/mol. The van der Waals surface area contributed by atoms with E-state index in [1.54, 1.807) is 11.3 Å². The summed E-state index contributed by atoms with van der Waals surface area (Å²) in [5, 5.41) is 28.0. The Labute approximate surface area is 773 Å². The molecule has 0 fully saturated rings. The van der Waals surface area contributed by atoms with Gasteiger partial charge in [0.15, 0.2) is 5.82 Å². The quantitative estimate of drug-likeness (QED) is 0.159. The number of hydrogen-bond acceptors (Lipinski definition) is 10. The molecule has 0 aliphatic heterocycles. The molecule has 0 bridgehead atoms. The summed E-state index contributed by atoms with van der Waals surface area (Å²) in [5.74, 6) is 2.38. The molecule has 0 unspecified atom stereocenters. The highest BCUT2D eigenvalue weighted by Crippen LogP contribution is 2.54. The van der Waals surface area contributed by atoms with Crippen LogP contribution in [-0.2, 0) is 0 Å². The fourth-order valence-electron chi connectivity index (χ4n) is 21.0. The van der Waals surface area contributed by atoms with Gasteiger partial charge in [0.1, 0.15) is 5.82 Å². The molecular formula is C119H68N8S5. The van der Waals surface area contributed by atoms with Gasteiger partial charge in [-0.25, -0.2) is 24.9 Å². The summed E-state index contributed by atoms with van der Waals surface area (Å²) in [6, 6.07) is 148. The van der Waals surface area contributed by atoms with Crippen LogP contribution in [0, 0.1) is 0 Å². The largest absolute Gasteiger partial charge is 0.308 e. The molecule has 8 nitrogen and oxygen atoms in total. The van der Waals surface area contributed by atoms with Gasteiger partial charge in [0.05, 0.1) is 84.7 Å². The summed E-state index contributed by atoms with van der Waals surface area (Å²) in [4.78, 5) is 26.5. The molecule has 0 saturated carbocycles. The van der Waals surface area contributed by atoms with Gasteiger partial charge in [-0.15, -0.1) is 56.7 Å². The predicted molar refractivity (Wildman–Crippen MR) is 568 cm³/mol. The molecule has 0 N–H and O–H groups in total. The van der Waals surface area contributed by atoms with Gasteiger partial charge in [-0.05, 0) is 117 Å². The average molecular weight is 1770 g/mol. The van der Waals surface area contributed by atoms with Crippen LogP contribution in [0.5, 0.6) is 0 Å². The first-order valence-electron chi connectivity index (χ1n) is 44.3. The molecule has 0 saturated heterocycles. The SMILES string of the molecule is c1ccc(-c2nc(-c3ccc(-n4c5ccccc5c5c6ccccc6c6c7ccccc7sc6c54)cc3)nc3ccccc23)cc1.c1ccc(-c2nc(-n3c4ccccc4c4c5ccccc5c5c6ccccc6sc5c43)cc3c2sc2ccccc23)cc1.c1ccc(-c2nc(-n3c4ccccc4c4c5ccccc5c5c6ccccc6sc5c43)nc3c2sc2ccccc23)cc1. The number of nitrogens with zero attached hydrogens (tertiary/aromatic N) is 8. The molecule has 11 aromatic heterocycles. The van der Waals surface area contributed by atoms with E-state index < -0.39 is 0 Å². The van der Waals surface area contributed by atoms with Gasteiger partial charge in [0.25, 0.3) is 0 Å². The van der Waals surface area contributed by atoms with Crippen molar-refractivity contribution in [3.05, 3.63) is 413 Å². The first-order valence-corrected chi connectivity index (χ1v) is 48.4. The highest BCUT2D eigenvalue weighted by molar-refractivity contribution is 7.28. The number of fused-ring (bicyclic) bond motifs is 37. The third-order valence-corrected chi connectivity index (χ3v) is 32.5. The molecule has 0 aliphatic carbocycles. The maximum Gasteiger partial charge on any atom is 0.235 e. The smallest absolute Gasteiger partial charge is 0.235 e. The van der Waals surface area contributed by atoms with Gasteiger partial charge in [0.2, 0.25) is 5.95 Å². The van der Waals surface area contributed by atoms with Crippen LogP contribution in [0.1, 0.15) is 0 Å². The van der Waals surface area contributed by atoms with Crippen molar-refractivity contribution in [2.45, 2.75) is 0 Å². The van der Waals surface area contributed by atoms with E-state index in [0.29, 0.717) is 5.95 Å². The predicted octanol–water partition coefficient (Wildman–Crippen LogP) is 34.4. The Balaban J connectivity index is 0.0000000991. The number of aromatic nitrogens is 8.